The van der Waals surface area contributed by atoms with Crippen LogP contribution in [0.4, 0.5) is 13.2 Å². The van der Waals surface area contributed by atoms with Gasteiger partial charge in [-0.05, 0) is 37.1 Å². The number of fused-ring (bicyclic) bond motifs is 2. The molecule has 5 rings (SSSR count). The molecule has 2 bridgehead atoms. The van der Waals surface area contributed by atoms with Gasteiger partial charge < -0.3 is 9.64 Å². The predicted molar refractivity (Wildman–Crippen MR) is 111 cm³/mol. The highest BCUT2D eigenvalue weighted by Crippen LogP contribution is 2.41. The van der Waals surface area contributed by atoms with E-state index in [0.29, 0.717) is 24.2 Å². The van der Waals surface area contributed by atoms with E-state index in [4.69, 9.17) is 4.74 Å². The average Bonchev–Trinajstić information content (AvgIpc) is 3.36. The molecule has 33 heavy (non-hydrogen) atoms. The van der Waals surface area contributed by atoms with Crippen molar-refractivity contribution in [2.45, 2.75) is 50.3 Å². The minimum atomic E-state index is -3.04. The van der Waals surface area contributed by atoms with Crippen LogP contribution in [-0.2, 0) is 5.92 Å². The number of hydrogen-bond acceptors (Lipinski definition) is 6. The molecule has 4 heterocycles. The quantitative estimate of drug-likeness (QED) is 0.578. The number of alkyl halides is 2. The summed E-state index contributed by atoms with van der Waals surface area (Å²) in [7, 11) is 0. The number of carbonyl (C=O) groups excluding carboxylic acids is 1. The number of ether oxygens (including phenoxy) is 1. The molecule has 2 aliphatic rings. The van der Waals surface area contributed by atoms with Gasteiger partial charge in [-0.3, -0.25) is 4.79 Å². The number of hydrogen-bond donors (Lipinski definition) is 0. The van der Waals surface area contributed by atoms with Gasteiger partial charge >= 0.3 is 6.01 Å². The number of carbonyl (C=O) groups is 1. The summed E-state index contributed by atoms with van der Waals surface area (Å²) in [4.78, 5) is 31.5. The molecule has 0 N–H and O–H groups in total. The molecule has 3 unspecified atom stereocenters. The molecule has 2 aromatic heterocycles. The SMILES string of the molecule is CC(F)(F)c1cnc(OC2CC3CCC2N3C(=O)c2cc(F)ccc2-c2ncccn2)nc1. The van der Waals surface area contributed by atoms with E-state index in [2.05, 4.69) is 19.9 Å². The maximum Gasteiger partial charge on any atom is 0.316 e. The lowest BCUT2D eigenvalue weighted by atomic mass is 9.98. The van der Waals surface area contributed by atoms with Crippen LogP contribution in [0.25, 0.3) is 11.4 Å². The zero-order valence-electron chi connectivity index (χ0n) is 17.7. The molecule has 0 spiro atoms. The van der Waals surface area contributed by atoms with Crippen molar-refractivity contribution >= 4 is 5.91 Å². The molecular weight excluding hydrogens is 435 g/mol. The van der Waals surface area contributed by atoms with Crippen LogP contribution < -0.4 is 4.74 Å². The van der Waals surface area contributed by atoms with Crippen LogP contribution in [0.1, 0.15) is 42.1 Å². The van der Waals surface area contributed by atoms with Gasteiger partial charge in [0.2, 0.25) is 0 Å². The van der Waals surface area contributed by atoms with E-state index in [0.717, 1.165) is 25.7 Å². The lowest BCUT2D eigenvalue weighted by Crippen LogP contribution is -2.39. The van der Waals surface area contributed by atoms with E-state index in [1.807, 2.05) is 0 Å². The van der Waals surface area contributed by atoms with Crippen molar-refractivity contribution in [3.63, 3.8) is 0 Å². The Morgan fingerprint density at radius 2 is 1.85 bits per heavy atom. The third kappa shape index (κ3) is 4.01. The molecule has 10 heteroatoms. The molecule has 1 aromatic carbocycles. The summed E-state index contributed by atoms with van der Waals surface area (Å²) in [6.07, 6.45) is 6.87. The second kappa shape index (κ2) is 8.09. The Morgan fingerprint density at radius 3 is 2.55 bits per heavy atom. The minimum Gasteiger partial charge on any atom is -0.458 e. The smallest absolute Gasteiger partial charge is 0.316 e. The largest absolute Gasteiger partial charge is 0.458 e. The number of halogens is 3. The molecule has 2 aliphatic heterocycles. The van der Waals surface area contributed by atoms with Gasteiger partial charge in [-0.1, -0.05) is 0 Å². The summed E-state index contributed by atoms with van der Waals surface area (Å²) in [5.74, 6) is -3.56. The Hall–Kier alpha value is -3.56. The summed E-state index contributed by atoms with van der Waals surface area (Å²) >= 11 is 0. The Bertz CT molecular complexity index is 1170. The second-order valence-electron chi connectivity index (χ2n) is 8.31. The number of amides is 1. The van der Waals surface area contributed by atoms with Crippen molar-refractivity contribution in [1.29, 1.82) is 0 Å². The van der Waals surface area contributed by atoms with Gasteiger partial charge in [-0.25, -0.2) is 33.1 Å². The van der Waals surface area contributed by atoms with Gasteiger partial charge in [0.15, 0.2) is 5.82 Å². The molecule has 3 aromatic rings. The third-order valence-electron chi connectivity index (χ3n) is 6.12. The maximum absolute atomic E-state index is 14.1. The summed E-state index contributed by atoms with van der Waals surface area (Å²) in [5, 5.41) is 0. The van der Waals surface area contributed by atoms with E-state index in [1.54, 1.807) is 23.4 Å². The Kier molecular flexibility index (Phi) is 5.22. The summed E-state index contributed by atoms with van der Waals surface area (Å²) in [6, 6.07) is 5.28. The molecule has 0 radical (unpaired) electrons. The normalized spacial score (nSPS) is 21.9. The summed E-state index contributed by atoms with van der Waals surface area (Å²) < 4.78 is 46.8. The predicted octanol–water partition coefficient (Wildman–Crippen LogP) is 4.01. The van der Waals surface area contributed by atoms with Gasteiger partial charge in [-0.15, -0.1) is 0 Å². The molecule has 170 valence electrons. The Balaban J connectivity index is 1.39. The maximum atomic E-state index is 14.1. The number of nitrogens with zero attached hydrogens (tertiary/aromatic N) is 5. The van der Waals surface area contributed by atoms with Crippen LogP contribution in [0.2, 0.25) is 0 Å². The third-order valence-corrected chi connectivity index (χ3v) is 6.12. The van der Waals surface area contributed by atoms with Crippen molar-refractivity contribution in [2.75, 3.05) is 0 Å². The van der Waals surface area contributed by atoms with E-state index in [1.165, 1.54) is 18.2 Å². The molecule has 3 atom stereocenters. The second-order valence-corrected chi connectivity index (χ2v) is 8.31. The van der Waals surface area contributed by atoms with Crippen LogP contribution in [0.15, 0.2) is 49.1 Å². The van der Waals surface area contributed by atoms with E-state index in [-0.39, 0.29) is 41.2 Å². The van der Waals surface area contributed by atoms with Crippen molar-refractivity contribution < 1.29 is 22.7 Å². The monoisotopic (exact) mass is 455 g/mol. The first-order valence-corrected chi connectivity index (χ1v) is 10.6. The van der Waals surface area contributed by atoms with Gasteiger partial charge in [0.25, 0.3) is 11.8 Å². The lowest BCUT2D eigenvalue weighted by molar-refractivity contribution is 0.0164. The van der Waals surface area contributed by atoms with Gasteiger partial charge in [0.1, 0.15) is 11.9 Å². The molecule has 7 nitrogen and oxygen atoms in total. The fraction of sp³-hybridized carbons (Fsp3) is 0.348. The van der Waals surface area contributed by atoms with Crippen LogP contribution in [0.5, 0.6) is 6.01 Å². The first kappa shape index (κ1) is 21.3. The van der Waals surface area contributed by atoms with Crippen LogP contribution in [-0.4, -0.2) is 48.9 Å². The minimum absolute atomic E-state index is 0.0166. The fourth-order valence-electron chi connectivity index (χ4n) is 4.58. The number of benzene rings is 1. The molecule has 2 fully saturated rings. The number of rotatable bonds is 5. The summed E-state index contributed by atoms with van der Waals surface area (Å²) in [6.45, 7) is 0.771. The lowest BCUT2D eigenvalue weighted by Gasteiger charge is -2.25. The van der Waals surface area contributed by atoms with Gasteiger partial charge in [0.05, 0.1) is 17.2 Å². The first-order valence-electron chi connectivity index (χ1n) is 10.6. The highest BCUT2D eigenvalue weighted by molar-refractivity contribution is 6.00. The molecular formula is C23H20F3N5O2. The first-order chi connectivity index (χ1) is 15.8. The van der Waals surface area contributed by atoms with Crippen LogP contribution in [0, 0.1) is 5.82 Å². The molecule has 1 amide bonds. The van der Waals surface area contributed by atoms with Gasteiger partial charge in [0, 0.05) is 49.7 Å². The zero-order chi connectivity index (χ0) is 23.2. The van der Waals surface area contributed by atoms with E-state index < -0.39 is 11.7 Å². The Labute approximate surface area is 187 Å². The molecule has 0 saturated carbocycles. The summed E-state index contributed by atoms with van der Waals surface area (Å²) in [5.41, 5.74) is 0.330. The van der Waals surface area contributed by atoms with E-state index in [9.17, 15) is 18.0 Å². The van der Waals surface area contributed by atoms with Crippen molar-refractivity contribution in [2.24, 2.45) is 0 Å². The molecule has 2 saturated heterocycles. The highest BCUT2D eigenvalue weighted by atomic mass is 19.3. The van der Waals surface area contributed by atoms with Crippen molar-refractivity contribution in [3.8, 4) is 17.4 Å². The topological polar surface area (TPSA) is 81.1 Å². The highest BCUT2D eigenvalue weighted by Gasteiger charge is 2.50. The van der Waals surface area contributed by atoms with Crippen LogP contribution in [0.3, 0.4) is 0 Å². The standard InChI is InChI=1S/C23H20F3N5O2/c1-23(25,26)13-11-29-22(30-12-13)33-19-10-15-4-6-18(19)31(15)21(32)17-9-14(24)3-5-16(17)20-27-7-2-8-28-20/h2-3,5,7-9,11-12,15,18-19H,4,6,10H2,1H3. The van der Waals surface area contributed by atoms with Crippen LogP contribution >= 0.6 is 0 Å². The van der Waals surface area contributed by atoms with E-state index >= 15 is 0 Å². The molecule has 0 aliphatic carbocycles. The fourth-order valence-corrected chi connectivity index (χ4v) is 4.58. The van der Waals surface area contributed by atoms with Gasteiger partial charge in [-0.2, -0.15) is 0 Å². The van der Waals surface area contributed by atoms with Crippen molar-refractivity contribution in [1.82, 2.24) is 24.8 Å². The van der Waals surface area contributed by atoms with Crippen molar-refractivity contribution in [3.05, 3.63) is 66.0 Å². The number of aromatic nitrogens is 4. The average molecular weight is 455 g/mol. The zero-order valence-corrected chi connectivity index (χ0v) is 17.7. The Morgan fingerprint density at radius 1 is 1.12 bits per heavy atom.